The van der Waals surface area contributed by atoms with Gasteiger partial charge in [0.05, 0.1) is 15.5 Å². The summed E-state index contributed by atoms with van der Waals surface area (Å²) in [6.07, 6.45) is 4.09. The van der Waals surface area contributed by atoms with Crippen LogP contribution in [0.25, 0.3) is 0 Å². The van der Waals surface area contributed by atoms with Crippen molar-refractivity contribution in [1.82, 2.24) is 4.90 Å². The van der Waals surface area contributed by atoms with Crippen LogP contribution in [0.4, 0.5) is 0 Å². The van der Waals surface area contributed by atoms with Crippen molar-refractivity contribution in [1.29, 1.82) is 0 Å². The lowest BCUT2D eigenvalue weighted by atomic mass is 10.2. The lowest BCUT2D eigenvalue weighted by molar-refractivity contribution is 0.0761. The lowest BCUT2D eigenvalue weighted by Crippen LogP contribution is -2.32. The van der Waals surface area contributed by atoms with Gasteiger partial charge in [-0.2, -0.15) is 0 Å². The fourth-order valence-corrected chi connectivity index (χ4v) is 4.36. The van der Waals surface area contributed by atoms with E-state index in [-0.39, 0.29) is 25.9 Å². The molecule has 0 saturated carbocycles. The minimum Gasteiger partial charge on any atom is -0.339 e. The second-order valence-electron chi connectivity index (χ2n) is 5.01. The van der Waals surface area contributed by atoms with Crippen molar-refractivity contribution >= 4 is 43.5 Å². The molecule has 0 bridgehead atoms. The van der Waals surface area contributed by atoms with E-state index in [1.807, 2.05) is 0 Å². The topological polar surface area (TPSA) is 80.5 Å². The first-order valence-electron chi connectivity index (χ1n) is 6.62. The molecule has 0 radical (unpaired) electrons. The summed E-state index contributed by atoms with van der Waals surface area (Å²) in [5.41, 5.74) is 0.172. The maximum Gasteiger partial charge on any atom is 0.255 e. The lowest BCUT2D eigenvalue weighted by Gasteiger charge is -2.21. The summed E-state index contributed by atoms with van der Waals surface area (Å²) in [6.45, 7) is 1.33. The number of rotatable bonds is 2. The Balaban J connectivity index is 2.40. The van der Waals surface area contributed by atoms with Gasteiger partial charge in [0.1, 0.15) is 0 Å². The van der Waals surface area contributed by atoms with Crippen molar-refractivity contribution in [2.24, 2.45) is 5.14 Å². The first-order valence-corrected chi connectivity index (χ1v) is 9.33. The van der Waals surface area contributed by atoms with Crippen LogP contribution in [0.2, 0.25) is 5.02 Å². The van der Waals surface area contributed by atoms with Crippen molar-refractivity contribution < 1.29 is 13.2 Å². The molecule has 1 heterocycles. The van der Waals surface area contributed by atoms with Gasteiger partial charge in [0.15, 0.2) is 0 Å². The Labute approximate surface area is 137 Å². The third-order valence-corrected chi connectivity index (χ3v) is 5.63. The third kappa shape index (κ3) is 3.97. The van der Waals surface area contributed by atoms with Gasteiger partial charge in [0.25, 0.3) is 5.91 Å². The maximum absolute atomic E-state index is 12.6. The zero-order chi connectivity index (χ0) is 15.6. The summed E-state index contributed by atoms with van der Waals surface area (Å²) in [7, 11) is -3.92. The van der Waals surface area contributed by atoms with Gasteiger partial charge in [0, 0.05) is 17.6 Å². The van der Waals surface area contributed by atoms with E-state index >= 15 is 0 Å². The number of likely N-dealkylation sites (tertiary alicyclic amines) is 1. The number of halogens is 2. The molecule has 1 aliphatic heterocycles. The molecule has 1 aromatic rings. The number of benzene rings is 1. The number of hydrogen-bond donors (Lipinski definition) is 1. The number of sulfonamides is 1. The van der Waals surface area contributed by atoms with Crippen LogP contribution in [0, 0.1) is 0 Å². The smallest absolute Gasteiger partial charge is 0.255 e. The highest BCUT2D eigenvalue weighted by atomic mass is 79.9. The Morgan fingerprint density at radius 2 is 1.76 bits per heavy atom. The molecule has 8 heteroatoms. The van der Waals surface area contributed by atoms with Gasteiger partial charge in [-0.05, 0) is 40.9 Å². The molecule has 2 rings (SSSR count). The highest BCUT2D eigenvalue weighted by molar-refractivity contribution is 9.10. The zero-order valence-electron chi connectivity index (χ0n) is 11.3. The molecule has 0 aromatic heterocycles. The van der Waals surface area contributed by atoms with Crippen LogP contribution in [0.1, 0.15) is 36.0 Å². The van der Waals surface area contributed by atoms with Gasteiger partial charge in [0.2, 0.25) is 10.0 Å². The van der Waals surface area contributed by atoms with Crippen molar-refractivity contribution in [3.63, 3.8) is 0 Å². The van der Waals surface area contributed by atoms with E-state index in [9.17, 15) is 13.2 Å². The Kier molecular flexibility index (Phi) is 5.29. The predicted molar refractivity (Wildman–Crippen MR) is 84.9 cm³/mol. The van der Waals surface area contributed by atoms with E-state index in [2.05, 4.69) is 15.9 Å². The maximum atomic E-state index is 12.6. The van der Waals surface area contributed by atoms with E-state index in [1.165, 1.54) is 12.1 Å². The summed E-state index contributed by atoms with van der Waals surface area (Å²) in [6, 6.07) is 2.64. The normalized spacial score (nSPS) is 16.6. The fourth-order valence-electron chi connectivity index (χ4n) is 2.36. The van der Waals surface area contributed by atoms with Crippen LogP contribution in [-0.4, -0.2) is 32.3 Å². The largest absolute Gasteiger partial charge is 0.339 e. The zero-order valence-corrected chi connectivity index (χ0v) is 14.5. The molecule has 1 aliphatic rings. The fraction of sp³-hybridized carbons (Fsp3) is 0.462. The second kappa shape index (κ2) is 6.64. The average molecular weight is 396 g/mol. The number of carbonyl (C=O) groups excluding carboxylic acids is 1. The van der Waals surface area contributed by atoms with Crippen LogP contribution in [0.3, 0.4) is 0 Å². The SMILES string of the molecule is NS(=O)(=O)c1cc(C(=O)N2CCCCCC2)c(Cl)cc1Br. The van der Waals surface area contributed by atoms with Crippen LogP contribution < -0.4 is 5.14 Å². The standard InChI is InChI=1S/C13H16BrClN2O3S/c14-10-8-11(15)9(7-12(10)21(16,19)20)13(18)17-5-3-1-2-4-6-17/h7-8H,1-6H2,(H2,16,19,20). The average Bonchev–Trinajstić information content (AvgIpc) is 2.65. The van der Waals surface area contributed by atoms with Crippen molar-refractivity contribution in [3.8, 4) is 0 Å². The molecule has 0 atom stereocenters. The Hall–Kier alpha value is -0.630. The molecule has 1 fully saturated rings. The van der Waals surface area contributed by atoms with Gasteiger partial charge < -0.3 is 4.90 Å². The van der Waals surface area contributed by atoms with Gasteiger partial charge >= 0.3 is 0 Å². The first-order chi connectivity index (χ1) is 9.80. The monoisotopic (exact) mass is 394 g/mol. The van der Waals surface area contributed by atoms with E-state index in [1.54, 1.807) is 4.90 Å². The van der Waals surface area contributed by atoms with Crippen LogP contribution >= 0.6 is 27.5 Å². The Bertz CT molecular complexity index is 656. The van der Waals surface area contributed by atoms with Crippen LogP contribution in [0.5, 0.6) is 0 Å². The van der Waals surface area contributed by atoms with E-state index in [4.69, 9.17) is 16.7 Å². The van der Waals surface area contributed by atoms with Gasteiger partial charge in [-0.15, -0.1) is 0 Å². The number of amides is 1. The predicted octanol–water partition coefficient (Wildman–Crippen LogP) is 2.77. The van der Waals surface area contributed by atoms with Crippen LogP contribution in [-0.2, 0) is 10.0 Å². The summed E-state index contributed by atoms with van der Waals surface area (Å²) < 4.78 is 23.4. The highest BCUT2D eigenvalue weighted by Crippen LogP contribution is 2.29. The number of primary sulfonamides is 1. The summed E-state index contributed by atoms with van der Waals surface area (Å²) in [5.74, 6) is -0.251. The molecule has 1 aromatic carbocycles. The quantitative estimate of drug-likeness (QED) is 0.836. The molecule has 0 unspecified atom stereocenters. The number of hydrogen-bond acceptors (Lipinski definition) is 3. The molecular formula is C13H16BrClN2O3S. The van der Waals surface area contributed by atoms with E-state index in [0.717, 1.165) is 25.7 Å². The van der Waals surface area contributed by atoms with Gasteiger partial charge in [-0.1, -0.05) is 24.4 Å². The van der Waals surface area contributed by atoms with Crippen molar-refractivity contribution in [2.75, 3.05) is 13.1 Å². The number of nitrogens with zero attached hydrogens (tertiary/aromatic N) is 1. The molecule has 5 nitrogen and oxygen atoms in total. The van der Waals surface area contributed by atoms with E-state index in [0.29, 0.717) is 13.1 Å². The molecular weight excluding hydrogens is 380 g/mol. The van der Waals surface area contributed by atoms with Crippen molar-refractivity contribution in [3.05, 3.63) is 27.2 Å². The van der Waals surface area contributed by atoms with Gasteiger partial charge in [-0.25, -0.2) is 13.6 Å². The van der Waals surface area contributed by atoms with Crippen molar-refractivity contribution in [2.45, 2.75) is 30.6 Å². The molecule has 116 valence electrons. The molecule has 2 N–H and O–H groups in total. The number of carbonyl (C=O) groups is 1. The summed E-state index contributed by atoms with van der Waals surface area (Å²) in [5, 5.41) is 5.37. The Morgan fingerprint density at radius 1 is 1.19 bits per heavy atom. The minimum absolute atomic E-state index is 0.134. The van der Waals surface area contributed by atoms with E-state index < -0.39 is 10.0 Å². The summed E-state index contributed by atoms with van der Waals surface area (Å²) in [4.78, 5) is 14.1. The highest BCUT2D eigenvalue weighted by Gasteiger charge is 2.23. The van der Waals surface area contributed by atoms with Crippen LogP contribution in [0.15, 0.2) is 21.5 Å². The summed E-state index contributed by atoms with van der Waals surface area (Å²) >= 11 is 9.20. The molecule has 1 amide bonds. The first kappa shape index (κ1) is 16.7. The minimum atomic E-state index is -3.92. The molecule has 0 aliphatic carbocycles. The number of nitrogens with two attached hydrogens (primary N) is 1. The third-order valence-electron chi connectivity index (χ3n) is 3.45. The Morgan fingerprint density at radius 3 is 2.29 bits per heavy atom. The van der Waals surface area contributed by atoms with Gasteiger partial charge in [-0.3, -0.25) is 4.79 Å². The molecule has 0 spiro atoms. The molecule has 21 heavy (non-hydrogen) atoms. The second-order valence-corrected chi connectivity index (χ2v) is 7.81. The molecule has 1 saturated heterocycles.